The predicted molar refractivity (Wildman–Crippen MR) is 72.1 cm³/mol. The molecular formula is C15H28N2. The second-order valence-electron chi connectivity index (χ2n) is 6.97. The largest absolute Gasteiger partial charge is 0.311 e. The van der Waals surface area contributed by atoms with Crippen LogP contribution in [0.5, 0.6) is 0 Å². The number of nitrogens with one attached hydrogen (secondary N) is 1. The predicted octanol–water partition coefficient (Wildman–Crippen LogP) is 2.64. The Labute approximate surface area is 106 Å². The molecule has 2 unspecified atom stereocenters. The van der Waals surface area contributed by atoms with Gasteiger partial charge < -0.3 is 5.32 Å². The molecule has 0 spiro atoms. The summed E-state index contributed by atoms with van der Waals surface area (Å²) in [5, 5.41) is 3.71. The van der Waals surface area contributed by atoms with E-state index in [1.807, 2.05) is 0 Å². The lowest BCUT2D eigenvalue weighted by atomic mass is 9.88. The van der Waals surface area contributed by atoms with Gasteiger partial charge in [-0.3, -0.25) is 4.90 Å². The fourth-order valence-electron chi connectivity index (χ4n) is 3.99. The second-order valence-corrected chi connectivity index (χ2v) is 6.97. The van der Waals surface area contributed by atoms with E-state index in [0.717, 1.165) is 11.8 Å². The lowest BCUT2D eigenvalue weighted by Gasteiger charge is -2.49. The topological polar surface area (TPSA) is 15.3 Å². The third kappa shape index (κ3) is 2.39. The Kier molecular flexibility index (Phi) is 3.20. The SMILES string of the molecule is CC1CN(CC2CCCC2)C(C)(C2CC2)CN1. The van der Waals surface area contributed by atoms with Crippen molar-refractivity contribution in [1.82, 2.24) is 10.2 Å². The lowest BCUT2D eigenvalue weighted by molar-refractivity contribution is 0.0256. The van der Waals surface area contributed by atoms with E-state index in [9.17, 15) is 0 Å². The molecule has 3 rings (SSSR count). The number of hydrogen-bond acceptors (Lipinski definition) is 2. The van der Waals surface area contributed by atoms with Crippen molar-refractivity contribution in [2.45, 2.75) is 64.0 Å². The average molecular weight is 236 g/mol. The van der Waals surface area contributed by atoms with Crippen molar-refractivity contribution < 1.29 is 0 Å². The van der Waals surface area contributed by atoms with Gasteiger partial charge in [-0.2, -0.15) is 0 Å². The zero-order valence-corrected chi connectivity index (χ0v) is 11.5. The number of hydrogen-bond donors (Lipinski definition) is 1. The van der Waals surface area contributed by atoms with E-state index in [0.29, 0.717) is 11.6 Å². The minimum atomic E-state index is 0.467. The molecule has 1 heterocycles. The molecule has 0 aromatic rings. The first-order valence-corrected chi connectivity index (χ1v) is 7.67. The van der Waals surface area contributed by atoms with E-state index in [2.05, 4.69) is 24.1 Å². The molecule has 0 amide bonds. The van der Waals surface area contributed by atoms with Gasteiger partial charge in [0.1, 0.15) is 0 Å². The number of rotatable bonds is 3. The third-order valence-corrected chi connectivity index (χ3v) is 5.44. The Hall–Kier alpha value is -0.0800. The molecule has 2 saturated carbocycles. The minimum absolute atomic E-state index is 0.467. The maximum atomic E-state index is 3.71. The fraction of sp³-hybridized carbons (Fsp3) is 1.00. The summed E-state index contributed by atoms with van der Waals surface area (Å²) >= 11 is 0. The Morgan fingerprint density at radius 2 is 1.88 bits per heavy atom. The van der Waals surface area contributed by atoms with Crippen LogP contribution in [0.2, 0.25) is 0 Å². The molecule has 0 bridgehead atoms. The Bertz CT molecular complexity index is 268. The van der Waals surface area contributed by atoms with E-state index in [4.69, 9.17) is 0 Å². The summed E-state index contributed by atoms with van der Waals surface area (Å²) < 4.78 is 0. The summed E-state index contributed by atoms with van der Waals surface area (Å²) in [6.07, 6.45) is 8.86. The molecule has 2 nitrogen and oxygen atoms in total. The first kappa shape index (κ1) is 12.0. The van der Waals surface area contributed by atoms with Crippen LogP contribution in [0.3, 0.4) is 0 Å². The van der Waals surface area contributed by atoms with Crippen molar-refractivity contribution in [1.29, 1.82) is 0 Å². The highest BCUT2D eigenvalue weighted by Crippen LogP contribution is 2.44. The molecule has 1 saturated heterocycles. The Morgan fingerprint density at radius 3 is 2.53 bits per heavy atom. The van der Waals surface area contributed by atoms with Crippen molar-refractivity contribution in [2.24, 2.45) is 11.8 Å². The van der Waals surface area contributed by atoms with Gasteiger partial charge in [0.2, 0.25) is 0 Å². The van der Waals surface area contributed by atoms with E-state index in [1.54, 1.807) is 0 Å². The maximum Gasteiger partial charge on any atom is 0.0334 e. The van der Waals surface area contributed by atoms with Gasteiger partial charge in [0, 0.05) is 31.2 Å². The van der Waals surface area contributed by atoms with Crippen LogP contribution in [0.4, 0.5) is 0 Å². The van der Waals surface area contributed by atoms with Crippen LogP contribution in [-0.4, -0.2) is 36.1 Å². The van der Waals surface area contributed by atoms with Crippen LogP contribution < -0.4 is 5.32 Å². The van der Waals surface area contributed by atoms with Crippen molar-refractivity contribution in [3.8, 4) is 0 Å². The number of nitrogens with zero attached hydrogens (tertiary/aromatic N) is 1. The molecule has 17 heavy (non-hydrogen) atoms. The molecule has 98 valence electrons. The summed E-state index contributed by atoms with van der Waals surface area (Å²) in [6, 6.07) is 0.684. The monoisotopic (exact) mass is 236 g/mol. The normalized spacial score (nSPS) is 40.9. The van der Waals surface area contributed by atoms with Crippen LogP contribution >= 0.6 is 0 Å². The summed E-state index contributed by atoms with van der Waals surface area (Å²) in [5.74, 6) is 1.97. The van der Waals surface area contributed by atoms with Crippen molar-refractivity contribution in [3.05, 3.63) is 0 Å². The van der Waals surface area contributed by atoms with E-state index >= 15 is 0 Å². The van der Waals surface area contributed by atoms with Crippen LogP contribution in [0, 0.1) is 11.8 Å². The van der Waals surface area contributed by atoms with Crippen LogP contribution in [0.1, 0.15) is 52.4 Å². The molecule has 1 aliphatic heterocycles. The highest BCUT2D eigenvalue weighted by Gasteiger charge is 2.48. The van der Waals surface area contributed by atoms with Gasteiger partial charge >= 0.3 is 0 Å². The first-order chi connectivity index (χ1) is 8.18. The second kappa shape index (κ2) is 4.55. The highest BCUT2D eigenvalue weighted by atomic mass is 15.3. The van der Waals surface area contributed by atoms with Crippen molar-refractivity contribution >= 4 is 0 Å². The van der Waals surface area contributed by atoms with Gasteiger partial charge in [-0.05, 0) is 51.4 Å². The zero-order chi connectivity index (χ0) is 11.9. The Morgan fingerprint density at radius 1 is 1.18 bits per heavy atom. The van der Waals surface area contributed by atoms with Gasteiger partial charge in [-0.1, -0.05) is 12.8 Å². The molecule has 2 heteroatoms. The summed E-state index contributed by atoms with van der Waals surface area (Å²) in [5.41, 5.74) is 0.467. The minimum Gasteiger partial charge on any atom is -0.311 e. The van der Waals surface area contributed by atoms with Crippen LogP contribution in [-0.2, 0) is 0 Å². The average Bonchev–Trinajstić information content (AvgIpc) is 3.05. The molecule has 3 fully saturated rings. The zero-order valence-electron chi connectivity index (χ0n) is 11.5. The highest BCUT2D eigenvalue weighted by molar-refractivity contribution is 5.04. The van der Waals surface area contributed by atoms with Gasteiger partial charge in [0.25, 0.3) is 0 Å². The lowest BCUT2D eigenvalue weighted by Crippen LogP contribution is -2.64. The van der Waals surface area contributed by atoms with Crippen LogP contribution in [0.25, 0.3) is 0 Å². The number of piperazine rings is 1. The van der Waals surface area contributed by atoms with Crippen molar-refractivity contribution in [3.63, 3.8) is 0 Å². The van der Waals surface area contributed by atoms with Gasteiger partial charge in [0.15, 0.2) is 0 Å². The quantitative estimate of drug-likeness (QED) is 0.810. The molecule has 0 aromatic heterocycles. The molecule has 0 radical (unpaired) electrons. The summed E-state index contributed by atoms with van der Waals surface area (Å²) in [6.45, 7) is 8.71. The van der Waals surface area contributed by atoms with Gasteiger partial charge in [0.05, 0.1) is 0 Å². The summed E-state index contributed by atoms with van der Waals surface area (Å²) in [4.78, 5) is 2.85. The first-order valence-electron chi connectivity index (χ1n) is 7.67. The fourth-order valence-corrected chi connectivity index (χ4v) is 3.99. The van der Waals surface area contributed by atoms with Crippen molar-refractivity contribution in [2.75, 3.05) is 19.6 Å². The van der Waals surface area contributed by atoms with Gasteiger partial charge in [-0.25, -0.2) is 0 Å². The van der Waals surface area contributed by atoms with Crippen LogP contribution in [0.15, 0.2) is 0 Å². The van der Waals surface area contributed by atoms with Gasteiger partial charge in [-0.15, -0.1) is 0 Å². The molecule has 2 atom stereocenters. The third-order valence-electron chi connectivity index (χ3n) is 5.44. The summed E-state index contributed by atoms with van der Waals surface area (Å²) in [7, 11) is 0. The Balaban J connectivity index is 1.67. The smallest absolute Gasteiger partial charge is 0.0334 e. The molecular weight excluding hydrogens is 208 g/mol. The standard InChI is InChI=1S/C15H28N2/c1-12-9-17(10-13-5-3-4-6-13)15(2,11-16-12)14-7-8-14/h12-14,16H,3-11H2,1-2H3. The maximum absolute atomic E-state index is 3.71. The van der Waals surface area contributed by atoms with E-state index in [1.165, 1.54) is 58.2 Å². The van der Waals surface area contributed by atoms with E-state index < -0.39 is 0 Å². The molecule has 2 aliphatic carbocycles. The molecule has 3 aliphatic rings. The van der Waals surface area contributed by atoms with E-state index in [-0.39, 0.29) is 0 Å². The molecule has 1 N–H and O–H groups in total. The molecule has 0 aromatic carbocycles.